The number of aromatic nitrogens is 2. The van der Waals surface area contributed by atoms with Gasteiger partial charge in [-0.15, -0.1) is 0 Å². The first-order valence-electron chi connectivity index (χ1n) is 7.26. The van der Waals surface area contributed by atoms with Gasteiger partial charge in [-0.05, 0) is 50.5 Å². The second-order valence-electron chi connectivity index (χ2n) is 5.95. The molecule has 1 aliphatic heterocycles. The number of aryl methyl sites for hydroxylation is 2. The van der Waals surface area contributed by atoms with Crippen molar-refractivity contribution in [2.75, 3.05) is 6.61 Å². The number of carbonyl (C=O) groups is 1. The van der Waals surface area contributed by atoms with Gasteiger partial charge in [0.05, 0.1) is 23.7 Å². The van der Waals surface area contributed by atoms with Crippen LogP contribution in [0.15, 0.2) is 12.1 Å². The van der Waals surface area contributed by atoms with E-state index in [9.17, 15) is 9.90 Å². The average Bonchev–Trinajstić information content (AvgIpc) is 2.95. The van der Waals surface area contributed by atoms with Crippen molar-refractivity contribution < 1.29 is 14.6 Å². The summed E-state index contributed by atoms with van der Waals surface area (Å²) in [5, 5.41) is 9.21. The van der Waals surface area contributed by atoms with Gasteiger partial charge in [-0.3, -0.25) is 4.79 Å². The lowest BCUT2D eigenvalue weighted by Gasteiger charge is -2.11. The Balaban J connectivity index is 2.15. The minimum absolute atomic E-state index is 0.0563. The predicted molar refractivity (Wildman–Crippen MR) is 79.6 cm³/mol. The summed E-state index contributed by atoms with van der Waals surface area (Å²) >= 11 is 0. The first-order chi connectivity index (χ1) is 9.95. The molecule has 0 spiro atoms. The molecule has 21 heavy (non-hydrogen) atoms. The highest BCUT2D eigenvalue weighted by Gasteiger charge is 2.29. The van der Waals surface area contributed by atoms with Crippen LogP contribution in [-0.4, -0.2) is 33.3 Å². The van der Waals surface area contributed by atoms with E-state index in [0.717, 1.165) is 28.8 Å². The quantitative estimate of drug-likeness (QED) is 0.943. The number of carboxylic acids is 1. The number of nitrogens with zero attached hydrogens (tertiary/aromatic N) is 2. The summed E-state index contributed by atoms with van der Waals surface area (Å²) in [6.07, 6.45) is 1.09. The highest BCUT2D eigenvalue weighted by atomic mass is 16.5. The van der Waals surface area contributed by atoms with E-state index in [1.807, 2.05) is 37.5 Å². The molecule has 0 amide bonds. The molecule has 0 saturated carbocycles. The van der Waals surface area contributed by atoms with Crippen LogP contribution in [0, 0.1) is 13.8 Å². The Bertz CT molecular complexity index is 705. The van der Waals surface area contributed by atoms with Crippen molar-refractivity contribution in [2.24, 2.45) is 0 Å². The van der Waals surface area contributed by atoms with E-state index >= 15 is 0 Å². The molecule has 1 aromatic heterocycles. The fourth-order valence-electron chi connectivity index (χ4n) is 3.01. The van der Waals surface area contributed by atoms with Crippen molar-refractivity contribution in [2.45, 2.75) is 45.8 Å². The smallest absolute Gasteiger partial charge is 0.323 e. The van der Waals surface area contributed by atoms with Crippen molar-refractivity contribution >= 4 is 17.0 Å². The topological polar surface area (TPSA) is 64.4 Å². The van der Waals surface area contributed by atoms with Crippen LogP contribution in [0.25, 0.3) is 11.0 Å². The molecular weight excluding hydrogens is 268 g/mol. The van der Waals surface area contributed by atoms with Gasteiger partial charge >= 0.3 is 5.97 Å². The third-order valence-electron chi connectivity index (χ3n) is 4.25. The molecule has 1 N–H and O–H groups in total. The summed E-state index contributed by atoms with van der Waals surface area (Å²) in [4.78, 5) is 15.9. The lowest BCUT2D eigenvalue weighted by Crippen LogP contribution is -2.15. The molecule has 2 heterocycles. The number of imidazole rings is 1. The van der Waals surface area contributed by atoms with Crippen molar-refractivity contribution in [1.29, 1.82) is 0 Å². The molecule has 112 valence electrons. The van der Waals surface area contributed by atoms with Crippen LogP contribution in [0.2, 0.25) is 0 Å². The molecule has 1 aromatic carbocycles. The third kappa shape index (κ3) is 2.53. The SMILES string of the molecule is Cc1cc2nc(C3COC(C)C3)n(CC(=O)O)c2cc1C. The Labute approximate surface area is 123 Å². The summed E-state index contributed by atoms with van der Waals surface area (Å²) < 4.78 is 7.45. The molecular formula is C16H20N2O3. The van der Waals surface area contributed by atoms with Gasteiger partial charge in [0.2, 0.25) is 0 Å². The van der Waals surface area contributed by atoms with E-state index < -0.39 is 5.97 Å². The van der Waals surface area contributed by atoms with Crippen LogP contribution in [0.5, 0.6) is 0 Å². The number of aliphatic carboxylic acids is 1. The molecule has 5 heteroatoms. The van der Waals surface area contributed by atoms with E-state index in [2.05, 4.69) is 0 Å². The lowest BCUT2D eigenvalue weighted by molar-refractivity contribution is -0.137. The van der Waals surface area contributed by atoms with Gasteiger partial charge in [0.25, 0.3) is 0 Å². The predicted octanol–water partition coefficient (Wildman–Crippen LogP) is 2.63. The molecule has 2 atom stereocenters. The normalized spacial score (nSPS) is 22.0. The molecule has 1 saturated heterocycles. The number of benzene rings is 1. The van der Waals surface area contributed by atoms with Crippen molar-refractivity contribution in [3.05, 3.63) is 29.1 Å². The standard InChI is InChI=1S/C16H20N2O3/c1-9-4-13-14(5-10(9)2)18(7-15(19)20)16(17-13)12-6-11(3)21-8-12/h4-5,11-12H,6-8H2,1-3H3,(H,19,20). The fraction of sp³-hybridized carbons (Fsp3) is 0.500. The van der Waals surface area contributed by atoms with Gasteiger partial charge in [-0.1, -0.05) is 0 Å². The monoisotopic (exact) mass is 288 g/mol. The Morgan fingerprint density at radius 3 is 2.76 bits per heavy atom. The van der Waals surface area contributed by atoms with Gasteiger partial charge in [-0.2, -0.15) is 0 Å². The molecule has 0 bridgehead atoms. The van der Waals surface area contributed by atoms with E-state index in [1.165, 1.54) is 5.56 Å². The van der Waals surface area contributed by atoms with Gasteiger partial charge in [0, 0.05) is 5.92 Å². The fourth-order valence-corrected chi connectivity index (χ4v) is 3.01. The van der Waals surface area contributed by atoms with E-state index in [-0.39, 0.29) is 18.6 Å². The number of ether oxygens (including phenoxy) is 1. The molecule has 2 aromatic rings. The second kappa shape index (κ2) is 5.15. The summed E-state index contributed by atoms with van der Waals surface area (Å²) in [6.45, 7) is 6.68. The van der Waals surface area contributed by atoms with Gasteiger partial charge < -0.3 is 14.4 Å². The van der Waals surface area contributed by atoms with Gasteiger partial charge in [0.15, 0.2) is 0 Å². The number of hydrogen-bond acceptors (Lipinski definition) is 3. The lowest BCUT2D eigenvalue weighted by atomic mass is 10.1. The molecule has 1 fully saturated rings. The Morgan fingerprint density at radius 1 is 1.43 bits per heavy atom. The van der Waals surface area contributed by atoms with Crippen molar-refractivity contribution in [3.8, 4) is 0 Å². The van der Waals surface area contributed by atoms with Crippen LogP contribution in [-0.2, 0) is 16.1 Å². The minimum atomic E-state index is -0.847. The highest BCUT2D eigenvalue weighted by Crippen LogP contribution is 2.31. The first-order valence-corrected chi connectivity index (χ1v) is 7.26. The zero-order valence-electron chi connectivity index (χ0n) is 12.6. The summed E-state index contributed by atoms with van der Waals surface area (Å²) in [5.74, 6) is 0.162. The van der Waals surface area contributed by atoms with Gasteiger partial charge in [-0.25, -0.2) is 4.98 Å². The summed E-state index contributed by atoms with van der Waals surface area (Å²) in [7, 11) is 0. The van der Waals surface area contributed by atoms with Crippen LogP contribution in [0.1, 0.15) is 36.2 Å². The number of hydrogen-bond donors (Lipinski definition) is 1. The number of fused-ring (bicyclic) bond motifs is 1. The summed E-state index contributed by atoms with van der Waals surface area (Å²) in [5.41, 5.74) is 4.09. The molecule has 0 radical (unpaired) electrons. The molecule has 2 unspecified atom stereocenters. The van der Waals surface area contributed by atoms with Crippen LogP contribution < -0.4 is 0 Å². The Morgan fingerprint density at radius 2 is 2.14 bits per heavy atom. The van der Waals surface area contributed by atoms with Crippen LogP contribution in [0.4, 0.5) is 0 Å². The molecule has 1 aliphatic rings. The van der Waals surface area contributed by atoms with E-state index in [0.29, 0.717) is 6.61 Å². The van der Waals surface area contributed by atoms with E-state index in [4.69, 9.17) is 9.72 Å². The second-order valence-corrected chi connectivity index (χ2v) is 5.95. The Hall–Kier alpha value is -1.88. The highest BCUT2D eigenvalue weighted by molar-refractivity contribution is 5.80. The first kappa shape index (κ1) is 14.1. The molecule has 3 rings (SSSR count). The molecule has 0 aliphatic carbocycles. The van der Waals surface area contributed by atoms with Gasteiger partial charge in [0.1, 0.15) is 12.4 Å². The molecule has 5 nitrogen and oxygen atoms in total. The largest absolute Gasteiger partial charge is 0.480 e. The maximum atomic E-state index is 11.2. The zero-order chi connectivity index (χ0) is 15.1. The number of rotatable bonds is 3. The third-order valence-corrected chi connectivity index (χ3v) is 4.25. The average molecular weight is 288 g/mol. The summed E-state index contributed by atoms with van der Waals surface area (Å²) in [6, 6.07) is 4.06. The Kier molecular flexibility index (Phi) is 3.45. The van der Waals surface area contributed by atoms with E-state index in [1.54, 1.807) is 0 Å². The van der Waals surface area contributed by atoms with Crippen LogP contribution >= 0.6 is 0 Å². The van der Waals surface area contributed by atoms with Crippen molar-refractivity contribution in [3.63, 3.8) is 0 Å². The van der Waals surface area contributed by atoms with Crippen LogP contribution in [0.3, 0.4) is 0 Å². The number of carboxylic acid groups (broad SMARTS) is 1. The van der Waals surface area contributed by atoms with Crippen molar-refractivity contribution in [1.82, 2.24) is 9.55 Å². The zero-order valence-corrected chi connectivity index (χ0v) is 12.6. The maximum Gasteiger partial charge on any atom is 0.323 e. The minimum Gasteiger partial charge on any atom is -0.480 e. The maximum absolute atomic E-state index is 11.2.